The van der Waals surface area contributed by atoms with Crippen LogP contribution in [0, 0.1) is 5.92 Å². The minimum absolute atomic E-state index is 0.0376. The van der Waals surface area contributed by atoms with Crippen LogP contribution in [-0.4, -0.2) is 81.0 Å². The van der Waals surface area contributed by atoms with Crippen LogP contribution in [0.3, 0.4) is 0 Å². The minimum Gasteiger partial charge on any atom is -0.481 e. The normalized spacial score (nSPS) is 22.3. The molecule has 0 aliphatic carbocycles. The Hall–Kier alpha value is -6.48. The molecule has 3 heterocycles. The molecule has 0 spiro atoms. The molecule has 2 aliphatic rings. The molecule has 7 rings (SSSR count). The van der Waals surface area contributed by atoms with Crippen LogP contribution in [-0.2, 0) is 54.5 Å². The van der Waals surface area contributed by atoms with Crippen molar-refractivity contribution in [1.82, 2.24) is 16.0 Å². The summed E-state index contributed by atoms with van der Waals surface area (Å²) in [7, 11) is 0. The van der Waals surface area contributed by atoms with Gasteiger partial charge in [-0.3, -0.25) is 28.8 Å². The number of nitrogens with one attached hydrogen (secondary N) is 4. The summed E-state index contributed by atoms with van der Waals surface area (Å²) in [5, 5.41) is 43.9. The van der Waals surface area contributed by atoms with Gasteiger partial charge in [0.15, 0.2) is 18.0 Å². The first kappa shape index (κ1) is 42.1. The predicted molar refractivity (Wildman–Crippen MR) is 221 cm³/mol. The Labute approximate surface area is 344 Å². The first-order valence-corrected chi connectivity index (χ1v) is 19.9. The lowest BCUT2D eigenvalue weighted by Gasteiger charge is -2.26. The molecule has 7 N–H and O–H groups in total. The van der Waals surface area contributed by atoms with Crippen molar-refractivity contribution in [3.8, 4) is 11.1 Å². The molecule has 2 bridgehead atoms. The number of anilines is 1. The maximum absolute atomic E-state index is 14.4. The molecular weight excluding hydrogens is 773 g/mol. The standard InChI is InChI=1S/C45H44N4O9S/c50-38-25-32(45(57)58)22-28-15-19-33(20-16-28)46-43(55)39(51)40(52)44(56)49-37(26-34-12-7-21-59-34)42(54)48-36(41(53)47-35(38)23-27-8-3-1-4-9-27)24-29-13-17-31(18-14-29)30-10-5-2-6-11-30/h1-21,32,35-37,39-40,51-52H,22-26H2,(H,46,55)(H,47,53)(H,48,54)(H,49,56)(H,57,58)/t32-,35+,36-,37+,39-,40-/m1/s1. The molecule has 13 nitrogen and oxygen atoms in total. The van der Waals surface area contributed by atoms with Crippen molar-refractivity contribution in [2.45, 2.75) is 62.4 Å². The number of thiophene rings is 1. The third-order valence-corrected chi connectivity index (χ3v) is 11.0. The van der Waals surface area contributed by atoms with Crippen molar-refractivity contribution in [3.05, 3.63) is 148 Å². The Morgan fingerprint density at radius 3 is 1.73 bits per heavy atom. The highest BCUT2D eigenvalue weighted by Gasteiger charge is 2.36. The van der Waals surface area contributed by atoms with Gasteiger partial charge < -0.3 is 36.6 Å². The number of hydrogen-bond donors (Lipinski definition) is 7. The summed E-state index contributed by atoms with van der Waals surface area (Å²) < 4.78 is 0. The molecule has 4 amide bonds. The quantitative estimate of drug-likeness (QED) is 0.114. The maximum Gasteiger partial charge on any atom is 0.307 e. The molecule has 0 radical (unpaired) electrons. The Balaban J connectivity index is 1.37. The number of fused-ring (bicyclic) bond motifs is 18. The number of hydrogen-bond acceptors (Lipinski definition) is 9. The van der Waals surface area contributed by atoms with Crippen molar-refractivity contribution in [3.63, 3.8) is 0 Å². The number of benzene rings is 4. The van der Waals surface area contributed by atoms with E-state index < -0.39 is 78.1 Å². The number of carboxylic acid groups (broad SMARTS) is 1. The van der Waals surface area contributed by atoms with E-state index in [9.17, 15) is 44.1 Å². The van der Waals surface area contributed by atoms with Crippen LogP contribution < -0.4 is 21.3 Å². The lowest BCUT2D eigenvalue weighted by Crippen LogP contribution is -2.58. The molecule has 0 unspecified atom stereocenters. The number of aliphatic hydroxyl groups excluding tert-OH is 2. The Bertz CT molecular complexity index is 2230. The second kappa shape index (κ2) is 19.8. The first-order valence-electron chi connectivity index (χ1n) is 19.1. The number of aliphatic hydroxyl groups is 2. The number of carboxylic acids is 1. The van der Waals surface area contributed by atoms with Crippen molar-refractivity contribution < 1.29 is 44.1 Å². The fourth-order valence-corrected chi connectivity index (χ4v) is 7.54. The largest absolute Gasteiger partial charge is 0.481 e. The summed E-state index contributed by atoms with van der Waals surface area (Å²) in [6.45, 7) is 0. The van der Waals surface area contributed by atoms with E-state index in [1.165, 1.54) is 23.5 Å². The van der Waals surface area contributed by atoms with Crippen molar-refractivity contribution in [2.75, 3.05) is 5.32 Å². The minimum atomic E-state index is -2.29. The Morgan fingerprint density at radius 1 is 0.559 bits per heavy atom. The van der Waals surface area contributed by atoms with E-state index in [4.69, 9.17) is 0 Å². The molecule has 6 atom stereocenters. The second-order valence-electron chi connectivity index (χ2n) is 14.4. The van der Waals surface area contributed by atoms with E-state index >= 15 is 0 Å². The van der Waals surface area contributed by atoms with E-state index in [1.807, 2.05) is 54.6 Å². The molecule has 14 heteroatoms. The maximum atomic E-state index is 14.4. The van der Waals surface area contributed by atoms with Gasteiger partial charge >= 0.3 is 5.97 Å². The number of ketones is 1. The Morgan fingerprint density at radius 2 is 1.10 bits per heavy atom. The average molecular weight is 817 g/mol. The van der Waals surface area contributed by atoms with Gasteiger partial charge in [0, 0.05) is 29.8 Å². The van der Waals surface area contributed by atoms with Crippen LogP contribution in [0.4, 0.5) is 5.69 Å². The van der Waals surface area contributed by atoms with Gasteiger partial charge in [0.2, 0.25) is 11.8 Å². The van der Waals surface area contributed by atoms with Crippen LogP contribution in [0.1, 0.15) is 28.0 Å². The molecule has 5 aromatic rings. The van der Waals surface area contributed by atoms with E-state index in [1.54, 1.807) is 60.0 Å². The number of amides is 4. The topological polar surface area (TPSA) is 211 Å². The van der Waals surface area contributed by atoms with E-state index in [2.05, 4.69) is 21.3 Å². The summed E-state index contributed by atoms with van der Waals surface area (Å²) in [4.78, 5) is 82.2. The average Bonchev–Trinajstić information content (AvgIpc) is 3.76. The number of carbonyl (C=O) groups excluding carboxylic acids is 5. The number of rotatable bonds is 8. The van der Waals surface area contributed by atoms with Gasteiger partial charge in [-0.15, -0.1) is 11.3 Å². The van der Waals surface area contributed by atoms with Gasteiger partial charge in [-0.1, -0.05) is 103 Å². The fraction of sp³-hybridized carbons (Fsp3) is 0.244. The van der Waals surface area contributed by atoms with E-state index in [-0.39, 0.29) is 31.4 Å². The van der Waals surface area contributed by atoms with Gasteiger partial charge in [0.1, 0.15) is 12.1 Å². The van der Waals surface area contributed by atoms with Gasteiger partial charge in [-0.2, -0.15) is 0 Å². The lowest BCUT2D eigenvalue weighted by molar-refractivity contribution is -0.145. The third-order valence-electron chi connectivity index (χ3n) is 10.1. The lowest BCUT2D eigenvalue weighted by atomic mass is 9.90. The van der Waals surface area contributed by atoms with Crippen molar-refractivity contribution in [1.29, 1.82) is 0 Å². The summed E-state index contributed by atoms with van der Waals surface area (Å²) in [5.74, 6) is -6.82. The molecule has 0 fully saturated rings. The molecule has 2 aliphatic heterocycles. The Kier molecular flexibility index (Phi) is 14.1. The van der Waals surface area contributed by atoms with E-state index in [0.717, 1.165) is 11.1 Å². The summed E-state index contributed by atoms with van der Waals surface area (Å²) in [6, 6.07) is 31.5. The zero-order valence-corrected chi connectivity index (χ0v) is 32.6. The van der Waals surface area contributed by atoms with Crippen LogP contribution in [0.2, 0.25) is 0 Å². The second-order valence-corrected chi connectivity index (χ2v) is 15.4. The van der Waals surface area contributed by atoms with Crippen LogP contribution in [0.15, 0.2) is 127 Å². The smallest absolute Gasteiger partial charge is 0.307 e. The molecular formula is C45H44N4O9S. The van der Waals surface area contributed by atoms with Crippen LogP contribution in [0.5, 0.6) is 0 Å². The molecule has 59 heavy (non-hydrogen) atoms. The third kappa shape index (κ3) is 11.6. The van der Waals surface area contributed by atoms with Crippen molar-refractivity contribution >= 4 is 52.4 Å². The SMILES string of the molecule is O=C(O)[C@H]1CC(=O)[C@H](Cc2ccccc2)NC(=O)[C@@H](Cc2ccc(-c3ccccc3)cc2)NC(=O)[C@H](Cc2cccs2)NC(=O)[C@H](O)[C@@H](O)C(=O)Nc2ccc(cc2)C1. The first-order chi connectivity index (χ1) is 28.4. The summed E-state index contributed by atoms with van der Waals surface area (Å²) in [5.41, 5.74) is 3.95. The molecule has 1 aromatic heterocycles. The number of carbonyl (C=O) groups is 6. The summed E-state index contributed by atoms with van der Waals surface area (Å²) >= 11 is 1.30. The molecule has 0 saturated heterocycles. The van der Waals surface area contributed by atoms with Crippen LogP contribution >= 0.6 is 11.3 Å². The van der Waals surface area contributed by atoms with Gasteiger partial charge in [-0.25, -0.2) is 0 Å². The zero-order valence-electron chi connectivity index (χ0n) is 31.8. The molecule has 0 saturated carbocycles. The highest BCUT2D eigenvalue weighted by atomic mass is 32.1. The highest BCUT2D eigenvalue weighted by molar-refractivity contribution is 7.09. The number of Topliss-reactive ketones (excluding diaryl/α,β-unsaturated/α-hetero) is 1. The van der Waals surface area contributed by atoms with Gasteiger partial charge in [0.25, 0.3) is 11.8 Å². The number of aliphatic carboxylic acids is 1. The highest BCUT2D eigenvalue weighted by Crippen LogP contribution is 2.22. The predicted octanol–water partition coefficient (Wildman–Crippen LogP) is 3.47. The fourth-order valence-electron chi connectivity index (χ4n) is 6.79. The summed E-state index contributed by atoms with van der Waals surface area (Å²) in [6.07, 6.45) is -5.10. The van der Waals surface area contributed by atoms with Crippen LogP contribution in [0.25, 0.3) is 11.1 Å². The van der Waals surface area contributed by atoms with Gasteiger partial charge in [-0.05, 0) is 64.2 Å². The van der Waals surface area contributed by atoms with E-state index in [0.29, 0.717) is 21.6 Å². The zero-order chi connectivity index (χ0) is 41.9. The molecule has 304 valence electrons. The van der Waals surface area contributed by atoms with Gasteiger partial charge in [0.05, 0.1) is 12.0 Å². The monoisotopic (exact) mass is 816 g/mol. The van der Waals surface area contributed by atoms with Crippen molar-refractivity contribution in [2.24, 2.45) is 5.92 Å². The molecule has 4 aromatic carbocycles.